The maximum Gasteiger partial charge on any atom is 0.276 e. The van der Waals surface area contributed by atoms with Crippen molar-refractivity contribution in [2.75, 3.05) is 0 Å². The number of nitrogens with zero attached hydrogens (tertiary/aromatic N) is 3. The van der Waals surface area contributed by atoms with Crippen LogP contribution in [0.2, 0.25) is 0 Å². The Hall–Kier alpha value is -2.58. The van der Waals surface area contributed by atoms with Crippen LogP contribution in [0, 0.1) is 11.3 Å². The Balaban J connectivity index is 1.57. The molecule has 0 aliphatic carbocycles. The summed E-state index contributed by atoms with van der Waals surface area (Å²) in [4.78, 5) is 0. The molecule has 3 aromatic rings. The third-order valence-electron chi connectivity index (χ3n) is 3.68. The minimum atomic E-state index is 0.569. The zero-order chi connectivity index (χ0) is 16.8. The highest BCUT2D eigenvalue weighted by atomic mass is 32.2. The molecule has 0 atom stereocenters. The van der Waals surface area contributed by atoms with Crippen LogP contribution in [0.25, 0.3) is 0 Å². The molecule has 0 saturated carbocycles. The summed E-state index contributed by atoms with van der Waals surface area (Å²) in [6.45, 7) is 2.14. The molecule has 0 unspecified atom stereocenters. The molecule has 4 nitrogen and oxygen atoms in total. The lowest BCUT2D eigenvalue weighted by Gasteiger charge is -2.00. The second-order valence-corrected chi connectivity index (χ2v) is 6.33. The molecule has 1 aromatic heterocycles. The van der Waals surface area contributed by atoms with E-state index in [2.05, 4.69) is 47.5 Å². The molecule has 0 aliphatic heterocycles. The van der Waals surface area contributed by atoms with Gasteiger partial charge in [-0.05, 0) is 35.2 Å². The Morgan fingerprint density at radius 3 is 2.29 bits per heavy atom. The van der Waals surface area contributed by atoms with Gasteiger partial charge in [0.2, 0.25) is 5.89 Å². The Bertz CT molecular complexity index is 832. The number of nitriles is 1. The van der Waals surface area contributed by atoms with Crippen LogP contribution < -0.4 is 0 Å². The maximum absolute atomic E-state index is 8.80. The highest BCUT2D eigenvalue weighted by Gasteiger charge is 2.08. The van der Waals surface area contributed by atoms with Gasteiger partial charge in [-0.25, -0.2) is 0 Å². The number of hydrogen-bond donors (Lipinski definition) is 0. The van der Waals surface area contributed by atoms with Gasteiger partial charge >= 0.3 is 0 Å². The minimum Gasteiger partial charge on any atom is -0.416 e. The van der Waals surface area contributed by atoms with E-state index in [-0.39, 0.29) is 0 Å². The molecule has 0 saturated heterocycles. The molecule has 0 amide bonds. The van der Waals surface area contributed by atoms with E-state index in [4.69, 9.17) is 9.68 Å². The maximum atomic E-state index is 8.80. The van der Waals surface area contributed by atoms with Crippen molar-refractivity contribution >= 4 is 11.8 Å². The molecule has 0 fully saturated rings. The molecule has 120 valence electrons. The molecule has 1 heterocycles. The van der Waals surface area contributed by atoms with Crippen LogP contribution in [0.1, 0.15) is 35.1 Å². The normalized spacial score (nSPS) is 10.5. The van der Waals surface area contributed by atoms with Gasteiger partial charge in [-0.3, -0.25) is 0 Å². The molecular weight excluding hydrogens is 318 g/mol. The molecular formula is C19H17N3OS. The van der Waals surface area contributed by atoms with Gasteiger partial charge in [0.25, 0.3) is 5.22 Å². The van der Waals surface area contributed by atoms with E-state index in [1.807, 2.05) is 24.3 Å². The first kappa shape index (κ1) is 16.3. The summed E-state index contributed by atoms with van der Waals surface area (Å²) in [5, 5.41) is 17.6. The van der Waals surface area contributed by atoms with Gasteiger partial charge in [-0.1, -0.05) is 55.1 Å². The monoisotopic (exact) mass is 335 g/mol. The SMILES string of the molecule is CCc1ccc(Cc2nnc(SCc3ccc(C#N)cc3)o2)cc1. The second kappa shape index (κ2) is 7.80. The zero-order valence-electron chi connectivity index (χ0n) is 13.4. The van der Waals surface area contributed by atoms with E-state index < -0.39 is 0 Å². The van der Waals surface area contributed by atoms with Gasteiger partial charge in [-0.15, -0.1) is 10.2 Å². The first-order valence-electron chi connectivity index (χ1n) is 7.79. The number of rotatable bonds is 6. The number of hydrogen-bond acceptors (Lipinski definition) is 5. The Kier molecular flexibility index (Phi) is 5.29. The third kappa shape index (κ3) is 4.24. The number of thioether (sulfide) groups is 1. The van der Waals surface area contributed by atoms with E-state index >= 15 is 0 Å². The van der Waals surface area contributed by atoms with E-state index in [0.29, 0.717) is 23.1 Å². The molecule has 2 aromatic carbocycles. The molecule has 0 radical (unpaired) electrons. The van der Waals surface area contributed by atoms with Gasteiger partial charge in [0.1, 0.15) is 0 Å². The molecule has 0 N–H and O–H groups in total. The summed E-state index contributed by atoms with van der Waals surface area (Å²) >= 11 is 1.50. The second-order valence-electron chi connectivity index (χ2n) is 5.41. The standard InChI is InChI=1S/C19H17N3OS/c1-2-14-3-5-15(6-4-14)11-18-21-22-19(23-18)24-13-17-9-7-16(12-20)8-10-17/h3-10H,2,11,13H2,1H3. The van der Waals surface area contributed by atoms with Crippen LogP contribution in [-0.4, -0.2) is 10.2 Å². The van der Waals surface area contributed by atoms with Gasteiger partial charge in [0.05, 0.1) is 18.1 Å². The lowest BCUT2D eigenvalue weighted by Crippen LogP contribution is -1.89. The molecule has 0 bridgehead atoms. The van der Waals surface area contributed by atoms with E-state index in [1.165, 1.54) is 22.9 Å². The van der Waals surface area contributed by atoms with Gasteiger partial charge in [0.15, 0.2) is 0 Å². The van der Waals surface area contributed by atoms with Crippen molar-refractivity contribution in [2.45, 2.75) is 30.7 Å². The van der Waals surface area contributed by atoms with E-state index in [0.717, 1.165) is 17.7 Å². The molecule has 0 spiro atoms. The topological polar surface area (TPSA) is 62.7 Å². The largest absolute Gasteiger partial charge is 0.416 e. The van der Waals surface area contributed by atoms with Crippen molar-refractivity contribution in [3.63, 3.8) is 0 Å². The fraction of sp³-hybridized carbons (Fsp3) is 0.211. The summed E-state index contributed by atoms with van der Waals surface area (Å²) in [7, 11) is 0. The van der Waals surface area contributed by atoms with Gasteiger partial charge < -0.3 is 4.42 Å². The predicted molar refractivity (Wildman–Crippen MR) is 93.6 cm³/mol. The van der Waals surface area contributed by atoms with Crippen molar-refractivity contribution in [1.29, 1.82) is 5.26 Å². The van der Waals surface area contributed by atoms with Crippen LogP contribution >= 0.6 is 11.8 Å². The zero-order valence-corrected chi connectivity index (χ0v) is 14.2. The quantitative estimate of drug-likeness (QED) is 0.625. The highest BCUT2D eigenvalue weighted by Crippen LogP contribution is 2.22. The highest BCUT2D eigenvalue weighted by molar-refractivity contribution is 7.98. The minimum absolute atomic E-state index is 0.569. The summed E-state index contributed by atoms with van der Waals surface area (Å²) in [5.41, 5.74) is 4.27. The average molecular weight is 335 g/mol. The van der Waals surface area contributed by atoms with Crippen LogP contribution in [0.4, 0.5) is 0 Å². The van der Waals surface area contributed by atoms with Crippen molar-refractivity contribution < 1.29 is 4.42 Å². The molecule has 5 heteroatoms. The van der Waals surface area contributed by atoms with Crippen molar-refractivity contribution in [3.8, 4) is 6.07 Å². The number of aryl methyl sites for hydroxylation is 1. The van der Waals surface area contributed by atoms with Crippen LogP contribution in [0.5, 0.6) is 0 Å². The van der Waals surface area contributed by atoms with Crippen LogP contribution in [0.15, 0.2) is 58.2 Å². The summed E-state index contributed by atoms with van der Waals surface area (Å²) in [6, 6.07) is 18.1. The first-order chi connectivity index (χ1) is 11.8. The average Bonchev–Trinajstić information content (AvgIpc) is 3.08. The fourth-order valence-electron chi connectivity index (χ4n) is 2.26. The van der Waals surface area contributed by atoms with Crippen LogP contribution in [0.3, 0.4) is 0 Å². The first-order valence-corrected chi connectivity index (χ1v) is 8.77. The van der Waals surface area contributed by atoms with Crippen molar-refractivity contribution in [2.24, 2.45) is 0 Å². The Morgan fingerprint density at radius 1 is 0.958 bits per heavy atom. The van der Waals surface area contributed by atoms with Crippen molar-refractivity contribution in [3.05, 3.63) is 76.7 Å². The Morgan fingerprint density at radius 2 is 1.62 bits per heavy atom. The predicted octanol–water partition coefficient (Wildman–Crippen LogP) is 4.39. The summed E-state index contributed by atoms with van der Waals surface area (Å²) in [5.74, 6) is 1.36. The van der Waals surface area contributed by atoms with E-state index in [1.54, 1.807) is 0 Å². The fourth-order valence-corrected chi connectivity index (χ4v) is 2.99. The summed E-state index contributed by atoms with van der Waals surface area (Å²) < 4.78 is 5.70. The lowest BCUT2D eigenvalue weighted by atomic mass is 10.1. The van der Waals surface area contributed by atoms with Gasteiger partial charge in [0, 0.05) is 5.75 Å². The lowest BCUT2D eigenvalue weighted by molar-refractivity contribution is 0.420. The van der Waals surface area contributed by atoms with Crippen molar-refractivity contribution in [1.82, 2.24) is 10.2 Å². The molecule has 0 aliphatic rings. The molecule has 24 heavy (non-hydrogen) atoms. The smallest absolute Gasteiger partial charge is 0.276 e. The number of aromatic nitrogens is 2. The van der Waals surface area contributed by atoms with Gasteiger partial charge in [-0.2, -0.15) is 5.26 Å². The number of benzene rings is 2. The molecule has 3 rings (SSSR count). The summed E-state index contributed by atoms with van der Waals surface area (Å²) in [6.07, 6.45) is 1.69. The third-order valence-corrected chi connectivity index (χ3v) is 4.57. The Labute approximate surface area is 145 Å². The van der Waals surface area contributed by atoms with Crippen LogP contribution in [-0.2, 0) is 18.6 Å². The van der Waals surface area contributed by atoms with E-state index in [9.17, 15) is 0 Å².